The summed E-state index contributed by atoms with van der Waals surface area (Å²) in [5.41, 5.74) is 1.98. The Morgan fingerprint density at radius 1 is 0.438 bits per heavy atom. The van der Waals surface area contributed by atoms with Gasteiger partial charge >= 0.3 is 0 Å². The zero-order chi connectivity index (χ0) is 22.4. The summed E-state index contributed by atoms with van der Waals surface area (Å²) in [5.74, 6) is 0. The van der Waals surface area contributed by atoms with Gasteiger partial charge in [-0.25, -0.2) is 0 Å². The van der Waals surface area contributed by atoms with E-state index in [2.05, 4.69) is 99.9 Å². The van der Waals surface area contributed by atoms with Crippen molar-refractivity contribution >= 4 is 81.2 Å². The second-order valence-corrected chi connectivity index (χ2v) is 21.2. The fraction of sp³-hybridized carbons (Fsp3) is 0.214. The van der Waals surface area contributed by atoms with E-state index >= 15 is 0 Å². The monoisotopic (exact) mass is 452 g/mol. The molecule has 6 rings (SSSR count). The summed E-state index contributed by atoms with van der Waals surface area (Å²) in [6, 6.07) is 22.5. The van der Waals surface area contributed by atoms with Gasteiger partial charge in [0.15, 0.2) is 0 Å². The third kappa shape index (κ3) is 2.97. The molecule has 2 aromatic heterocycles. The second kappa shape index (κ2) is 6.36. The van der Waals surface area contributed by atoms with Crippen LogP contribution >= 0.6 is 0 Å². The van der Waals surface area contributed by atoms with Crippen molar-refractivity contribution in [2.45, 2.75) is 39.3 Å². The maximum atomic E-state index is 6.32. The van der Waals surface area contributed by atoms with Crippen molar-refractivity contribution in [2.24, 2.45) is 0 Å². The van der Waals surface area contributed by atoms with E-state index in [4.69, 9.17) is 8.83 Å². The molecule has 32 heavy (non-hydrogen) atoms. The molecular formula is C28H28O2Si2. The minimum Gasteiger partial charge on any atom is -0.466 e. The molecule has 0 unspecified atom stereocenters. The quantitative estimate of drug-likeness (QED) is 0.198. The van der Waals surface area contributed by atoms with Crippen LogP contribution in [0.25, 0.3) is 54.3 Å². The Morgan fingerprint density at radius 3 is 1.22 bits per heavy atom. The Hall–Kier alpha value is -2.83. The lowest BCUT2D eigenvalue weighted by atomic mass is 9.96. The average Bonchev–Trinajstić information content (AvgIpc) is 3.33. The van der Waals surface area contributed by atoms with Crippen LogP contribution in [0.4, 0.5) is 0 Å². The highest BCUT2D eigenvalue weighted by Crippen LogP contribution is 2.35. The van der Waals surface area contributed by atoms with Crippen LogP contribution in [0.3, 0.4) is 0 Å². The van der Waals surface area contributed by atoms with Crippen LogP contribution in [0.15, 0.2) is 69.5 Å². The first-order valence-electron chi connectivity index (χ1n) is 11.4. The van der Waals surface area contributed by atoms with Crippen LogP contribution < -0.4 is 10.8 Å². The van der Waals surface area contributed by atoms with E-state index in [1.807, 2.05) is 0 Å². The third-order valence-corrected chi connectivity index (χ3v) is 10.0. The van der Waals surface area contributed by atoms with Crippen LogP contribution in [0.5, 0.6) is 0 Å². The van der Waals surface area contributed by atoms with Crippen LogP contribution in [-0.4, -0.2) is 16.1 Å². The summed E-state index contributed by atoms with van der Waals surface area (Å²) in [4.78, 5) is 0. The predicted molar refractivity (Wildman–Crippen MR) is 144 cm³/mol. The molecule has 4 aromatic carbocycles. The smallest absolute Gasteiger partial charge is 0.134 e. The molecule has 0 atom stereocenters. The van der Waals surface area contributed by atoms with Crippen LogP contribution in [-0.2, 0) is 0 Å². The van der Waals surface area contributed by atoms with E-state index in [1.54, 1.807) is 0 Å². The number of fused-ring (bicyclic) bond motifs is 7. The summed E-state index contributed by atoms with van der Waals surface area (Å²) in [6.45, 7) is 14.0. The van der Waals surface area contributed by atoms with Crippen LogP contribution in [0.2, 0.25) is 39.3 Å². The molecule has 0 saturated heterocycles. The number of hydrogen-bond acceptors (Lipinski definition) is 2. The molecule has 160 valence electrons. The first kappa shape index (κ1) is 19.8. The fourth-order valence-corrected chi connectivity index (χ4v) is 6.70. The van der Waals surface area contributed by atoms with E-state index in [0.29, 0.717) is 0 Å². The minimum atomic E-state index is -1.49. The maximum Gasteiger partial charge on any atom is 0.134 e. The number of rotatable bonds is 2. The van der Waals surface area contributed by atoms with Gasteiger partial charge in [0.1, 0.15) is 27.3 Å². The molecule has 0 aliphatic rings. The molecule has 0 N–H and O–H groups in total. The summed E-state index contributed by atoms with van der Waals surface area (Å²) < 4.78 is 12.6. The Bertz CT molecular complexity index is 1560. The lowest BCUT2D eigenvalue weighted by Crippen LogP contribution is -2.36. The lowest BCUT2D eigenvalue weighted by Gasteiger charge is -2.10. The molecule has 6 aromatic rings. The van der Waals surface area contributed by atoms with E-state index in [1.165, 1.54) is 43.1 Å². The van der Waals surface area contributed by atoms with E-state index < -0.39 is 16.1 Å². The number of hydrogen-bond donors (Lipinski definition) is 0. The van der Waals surface area contributed by atoms with E-state index in [9.17, 15) is 0 Å². The van der Waals surface area contributed by atoms with Gasteiger partial charge in [0.05, 0.1) is 10.8 Å². The van der Waals surface area contributed by atoms with Crippen molar-refractivity contribution in [3.63, 3.8) is 0 Å². The molecule has 0 bridgehead atoms. The van der Waals surface area contributed by atoms with Crippen molar-refractivity contribution in [1.82, 2.24) is 0 Å². The second-order valence-electron chi connectivity index (χ2n) is 11.2. The highest BCUT2D eigenvalue weighted by molar-refractivity contribution is 6.88. The molecule has 0 saturated carbocycles. The summed E-state index contributed by atoms with van der Waals surface area (Å²) in [7, 11) is -2.99. The van der Waals surface area contributed by atoms with Crippen molar-refractivity contribution in [1.29, 1.82) is 0 Å². The maximum absolute atomic E-state index is 6.32. The molecular weight excluding hydrogens is 424 g/mol. The lowest BCUT2D eigenvalue weighted by molar-refractivity contribution is 0.648. The van der Waals surface area contributed by atoms with Gasteiger partial charge in [-0.3, -0.25) is 0 Å². The molecule has 0 aliphatic carbocycles. The molecule has 2 heterocycles. The third-order valence-electron chi connectivity index (χ3n) is 6.58. The average molecular weight is 453 g/mol. The zero-order valence-electron chi connectivity index (χ0n) is 19.6. The Balaban J connectivity index is 1.64. The van der Waals surface area contributed by atoms with E-state index in [0.717, 1.165) is 21.9 Å². The van der Waals surface area contributed by atoms with Gasteiger partial charge in [0.2, 0.25) is 0 Å². The molecule has 4 heteroatoms. The van der Waals surface area contributed by atoms with Gasteiger partial charge < -0.3 is 8.83 Å². The zero-order valence-corrected chi connectivity index (χ0v) is 21.6. The number of benzene rings is 4. The van der Waals surface area contributed by atoms with Crippen LogP contribution in [0.1, 0.15) is 0 Å². The predicted octanol–water partition coefficient (Wildman–Crippen LogP) is 7.73. The molecule has 0 radical (unpaired) electrons. The molecule has 0 aliphatic heterocycles. The summed E-state index contributed by atoms with van der Waals surface area (Å²) in [5, 5.41) is 12.3. The van der Waals surface area contributed by atoms with Gasteiger partial charge in [0, 0.05) is 10.8 Å². The van der Waals surface area contributed by atoms with Gasteiger partial charge in [-0.1, -0.05) is 63.5 Å². The molecule has 0 spiro atoms. The minimum absolute atomic E-state index is 0.990. The SMILES string of the molecule is C[Si](C)(C)c1cc2cc3ccc4c5cc6oc([Si](C)(C)C)cc6cc5ccc4c3cc2o1. The van der Waals surface area contributed by atoms with Gasteiger partial charge in [-0.05, 0) is 68.7 Å². The van der Waals surface area contributed by atoms with Gasteiger partial charge in [-0.15, -0.1) is 0 Å². The van der Waals surface area contributed by atoms with Crippen molar-refractivity contribution in [3.8, 4) is 0 Å². The first-order chi connectivity index (χ1) is 15.1. The first-order valence-corrected chi connectivity index (χ1v) is 18.4. The Morgan fingerprint density at radius 2 is 0.844 bits per heavy atom. The van der Waals surface area contributed by atoms with Gasteiger partial charge in [0.25, 0.3) is 0 Å². The normalized spacial score (nSPS) is 13.3. The van der Waals surface area contributed by atoms with Crippen molar-refractivity contribution in [3.05, 3.63) is 60.7 Å². The van der Waals surface area contributed by atoms with Crippen molar-refractivity contribution in [2.75, 3.05) is 0 Å². The highest BCUT2D eigenvalue weighted by Gasteiger charge is 2.23. The number of furan rings is 2. The van der Waals surface area contributed by atoms with Gasteiger partial charge in [-0.2, -0.15) is 0 Å². The summed E-state index contributed by atoms with van der Waals surface area (Å²) >= 11 is 0. The summed E-state index contributed by atoms with van der Waals surface area (Å²) in [6.07, 6.45) is 0. The largest absolute Gasteiger partial charge is 0.466 e. The molecule has 0 amide bonds. The topological polar surface area (TPSA) is 26.3 Å². The Kier molecular flexibility index (Phi) is 3.94. The highest BCUT2D eigenvalue weighted by atomic mass is 28.3. The van der Waals surface area contributed by atoms with E-state index in [-0.39, 0.29) is 0 Å². The molecule has 0 fully saturated rings. The van der Waals surface area contributed by atoms with Crippen molar-refractivity contribution < 1.29 is 8.83 Å². The van der Waals surface area contributed by atoms with Crippen LogP contribution in [0, 0.1) is 0 Å². The Labute approximate surface area is 189 Å². The standard InChI is InChI=1S/C28H28O2Si2/c1-31(2,3)27-13-19-11-17-7-9-22-21(23(17)15-25(19)29-27)10-8-18-12-20-14-28(32(4,5)6)30-26(20)16-24(18)22/h7-16H,1-6H3. The molecule has 2 nitrogen and oxygen atoms in total. The fourth-order valence-electron chi connectivity index (χ4n) is 4.69.